The fourth-order valence-corrected chi connectivity index (χ4v) is 0.614. The molecule has 0 radical (unpaired) electrons. The van der Waals surface area contributed by atoms with Gasteiger partial charge in [-0.2, -0.15) is 0 Å². The molecule has 0 spiro atoms. The third-order valence-corrected chi connectivity index (χ3v) is 0.948. The van der Waals surface area contributed by atoms with E-state index in [1.807, 2.05) is 12.8 Å². The monoisotopic (exact) mass is 181 g/mol. The second-order valence-corrected chi connectivity index (χ2v) is 1.68. The Morgan fingerprint density at radius 1 is 1.67 bits per heavy atom. The molecule has 6 heteroatoms. The van der Waals surface area contributed by atoms with Crippen LogP contribution >= 0.6 is 16.1 Å². The molecule has 0 saturated carbocycles. The number of nitrogens with zero attached hydrogens (tertiary/aromatic N) is 3. The van der Waals surface area contributed by atoms with E-state index in [0.29, 0.717) is 5.82 Å². The van der Waals surface area contributed by atoms with E-state index in [4.69, 9.17) is 0 Å². The van der Waals surface area contributed by atoms with Crippen LogP contribution in [0.15, 0.2) is 21.3 Å². The van der Waals surface area contributed by atoms with Gasteiger partial charge in [0.2, 0.25) is 0 Å². The molecule has 0 amide bonds. The number of hydrogen-bond acceptors (Lipinski definition) is 3. The van der Waals surface area contributed by atoms with Crippen molar-refractivity contribution >= 4 is 35.7 Å². The van der Waals surface area contributed by atoms with Gasteiger partial charge in [0.1, 0.15) is 0 Å². The minimum atomic E-state index is 0.606. The van der Waals surface area contributed by atoms with Crippen LogP contribution in [0.1, 0.15) is 0 Å². The maximum atomic E-state index is 3.88. The molecule has 0 aliphatic heterocycles. The van der Waals surface area contributed by atoms with Crippen molar-refractivity contribution in [3.63, 3.8) is 0 Å². The molecular weight excluding hydrogens is 180 g/mol. The predicted octanol–water partition coefficient (Wildman–Crippen LogP) is 1.15. The molecule has 0 bridgehead atoms. The summed E-state index contributed by atoms with van der Waals surface area (Å²) in [6, 6.07) is 1.77. The van der Waals surface area contributed by atoms with Gasteiger partial charge in [0.05, 0.1) is 0 Å². The summed E-state index contributed by atoms with van der Waals surface area (Å²) < 4.78 is 3.38. The van der Waals surface area contributed by atoms with E-state index in [9.17, 15) is 0 Å². The fraction of sp³-hybridized carbons (Fsp3) is 0. The Hall–Kier alpha value is -0.380. The van der Waals surface area contributed by atoms with Crippen LogP contribution < -0.4 is 0 Å². The van der Waals surface area contributed by atoms with Gasteiger partial charge >= 0.3 is 61.9 Å². The molecule has 1 heterocycles. The summed E-state index contributed by atoms with van der Waals surface area (Å²) in [4.78, 5) is 3.88. The van der Waals surface area contributed by atoms with Gasteiger partial charge < -0.3 is 0 Å². The van der Waals surface area contributed by atoms with Gasteiger partial charge in [-0.05, 0) is 0 Å². The van der Waals surface area contributed by atoms with Crippen LogP contribution in [0.5, 0.6) is 0 Å². The average Bonchev–Trinajstić information content (AvgIpc) is 1.91. The van der Waals surface area contributed by atoms with E-state index < -0.39 is 0 Å². The zero-order valence-corrected chi connectivity index (χ0v) is 6.12. The second kappa shape index (κ2) is 3.61. The van der Waals surface area contributed by atoms with Crippen molar-refractivity contribution < 1.29 is 0 Å². The van der Waals surface area contributed by atoms with Crippen LogP contribution in [0.2, 0.25) is 0 Å². The van der Waals surface area contributed by atoms with Crippen molar-refractivity contribution in [2.24, 2.45) is 9.25 Å². The number of rotatable bonds is 1. The zero-order chi connectivity index (χ0) is 6.53. The predicted molar refractivity (Wildman–Crippen MR) is 40.4 cm³/mol. The molecule has 3 nitrogen and oxygen atoms in total. The normalized spacial score (nSPS) is 9.44. The van der Waals surface area contributed by atoms with Crippen LogP contribution in [0.25, 0.3) is 0 Å². The summed E-state index contributed by atoms with van der Waals surface area (Å²) in [7, 11) is 0. The Kier molecular flexibility index (Phi) is 2.70. The Labute approximate surface area is 62.4 Å². The Morgan fingerprint density at radius 3 is 3.11 bits per heavy atom. The topological polar surface area (TPSA) is 37.6 Å². The molecule has 1 rings (SSSR count). The second-order valence-electron chi connectivity index (χ2n) is 1.36. The van der Waals surface area contributed by atoms with Crippen molar-refractivity contribution in [3.8, 4) is 0 Å². The summed E-state index contributed by atoms with van der Waals surface area (Å²) in [5.74, 6) is 2.46. The first-order chi connectivity index (χ1) is 4.43. The van der Waals surface area contributed by atoms with Crippen molar-refractivity contribution in [2.45, 2.75) is 0 Å². The molecule has 0 unspecified atom stereocenters. The van der Waals surface area contributed by atoms with E-state index in [2.05, 4.69) is 30.3 Å². The molecule has 9 heavy (non-hydrogen) atoms. The van der Waals surface area contributed by atoms with E-state index in [-0.39, 0.29) is 0 Å². The van der Waals surface area contributed by atoms with Gasteiger partial charge in [-0.25, -0.2) is 0 Å². The van der Waals surface area contributed by atoms with Crippen molar-refractivity contribution in [3.05, 3.63) is 12.0 Å². The van der Waals surface area contributed by atoms with Crippen LogP contribution in [0, 0.1) is 0 Å². The third-order valence-electron chi connectivity index (χ3n) is 0.790. The maximum absolute atomic E-state index is 3.88. The van der Waals surface area contributed by atoms with E-state index >= 15 is 0 Å². The zero-order valence-electron chi connectivity index (χ0n) is 4.53. The van der Waals surface area contributed by atoms with Gasteiger partial charge in [-0.3, -0.25) is 0 Å². The average molecular weight is 182 g/mol. The van der Waals surface area contributed by atoms with E-state index in [1.54, 1.807) is 13.0 Å². The molecule has 0 atom stereocenters. The molecule has 1 aromatic rings. The first-order valence-corrected chi connectivity index (χ1v) is 3.07. The Morgan fingerprint density at radius 2 is 2.56 bits per heavy atom. The van der Waals surface area contributed by atoms with Gasteiger partial charge in [-0.15, -0.1) is 0 Å². The Bertz CT molecular complexity index is 201. The molecule has 0 saturated heterocycles. The van der Waals surface area contributed by atoms with Crippen molar-refractivity contribution in [1.82, 2.24) is 4.89 Å². The molecule has 0 aromatic carbocycles. The van der Waals surface area contributed by atoms with Crippen molar-refractivity contribution in [2.75, 3.05) is 0 Å². The van der Waals surface area contributed by atoms with Gasteiger partial charge in [0.15, 0.2) is 0 Å². The van der Waals surface area contributed by atoms with Crippen LogP contribution in [0.3, 0.4) is 0 Å². The molecule has 0 aliphatic rings. The number of aromatic nitrogens is 1. The standard InChI is InChI=1S/C3H2B2BrN3/c6-9-8-3-1-2-4-5-7-3/h1-2H. The SMILES string of the molecule is BrN=Nc1ccbbn1. The van der Waals surface area contributed by atoms with E-state index in [1.165, 1.54) is 0 Å². The summed E-state index contributed by atoms with van der Waals surface area (Å²) in [6.45, 7) is 3.49. The van der Waals surface area contributed by atoms with Crippen LogP contribution in [-0.4, -0.2) is 18.6 Å². The van der Waals surface area contributed by atoms with E-state index in [0.717, 1.165) is 0 Å². The van der Waals surface area contributed by atoms with Crippen molar-refractivity contribution in [1.29, 1.82) is 0 Å². The molecule has 0 N–H and O–H groups in total. The summed E-state index contributed by atoms with van der Waals surface area (Å²) in [5, 5.41) is 3.64. The molecule has 42 valence electrons. The molecule has 0 aliphatic carbocycles. The van der Waals surface area contributed by atoms with Gasteiger partial charge in [0.25, 0.3) is 0 Å². The number of halogens is 1. The fourth-order valence-electron chi connectivity index (χ4n) is 0.452. The first-order valence-electron chi connectivity index (χ1n) is 2.36. The minimum absolute atomic E-state index is 0.606. The molecule has 1 aromatic heterocycles. The van der Waals surface area contributed by atoms with Gasteiger partial charge in [-0.1, -0.05) is 0 Å². The summed E-state index contributed by atoms with van der Waals surface area (Å²) >= 11 is 2.80. The summed E-state index contributed by atoms with van der Waals surface area (Å²) in [6.07, 6.45) is 0. The van der Waals surface area contributed by atoms with Crippen LogP contribution in [-0.2, 0) is 0 Å². The Balaban J connectivity index is 2.85. The summed E-state index contributed by atoms with van der Waals surface area (Å²) in [5.41, 5.74) is 0. The van der Waals surface area contributed by atoms with Gasteiger partial charge in [0, 0.05) is 0 Å². The molecular formula is C3H2B2BrN3. The first kappa shape index (κ1) is 6.74. The third kappa shape index (κ3) is 2.13. The van der Waals surface area contributed by atoms with Crippen LogP contribution in [0.4, 0.5) is 5.82 Å². The molecule has 0 fully saturated rings. The quantitative estimate of drug-likeness (QED) is 0.599. The number of hydrogen-bond donors (Lipinski definition) is 0.